The summed E-state index contributed by atoms with van der Waals surface area (Å²) in [5.41, 5.74) is 2.24. The Morgan fingerprint density at radius 2 is 2.48 bits per heavy atom. The number of ether oxygens (including phenoxy) is 1. The van der Waals surface area contributed by atoms with Gasteiger partial charge in [-0.15, -0.1) is 0 Å². The van der Waals surface area contributed by atoms with Gasteiger partial charge in [0, 0.05) is 37.5 Å². The largest absolute Gasteiger partial charge is 0.368 e. The lowest BCUT2D eigenvalue weighted by Crippen LogP contribution is -2.35. The number of nitrogens with one attached hydrogen (secondary N) is 1. The maximum Gasteiger partial charge on any atom is 0.249 e. The van der Waals surface area contributed by atoms with E-state index in [0.29, 0.717) is 13.2 Å². The molecule has 1 atom stereocenters. The van der Waals surface area contributed by atoms with Gasteiger partial charge in [-0.3, -0.25) is 4.79 Å². The van der Waals surface area contributed by atoms with Crippen molar-refractivity contribution in [2.24, 2.45) is 0 Å². The minimum absolute atomic E-state index is 0.0184. The van der Waals surface area contributed by atoms with Gasteiger partial charge in [-0.05, 0) is 43.9 Å². The van der Waals surface area contributed by atoms with Crippen molar-refractivity contribution < 1.29 is 9.53 Å². The van der Waals surface area contributed by atoms with Crippen LogP contribution < -0.4 is 5.32 Å². The minimum atomic E-state index is -0.247. The Kier molecular flexibility index (Phi) is 4.20. The Bertz CT molecular complexity index is 629. The molecule has 1 fully saturated rings. The Morgan fingerprint density at radius 3 is 3.24 bits per heavy atom. The molecule has 0 bridgehead atoms. The molecule has 1 amide bonds. The second kappa shape index (κ2) is 6.26. The molecular weight excluding hydrogens is 266 g/mol. The van der Waals surface area contributed by atoms with Gasteiger partial charge in [-0.1, -0.05) is 0 Å². The van der Waals surface area contributed by atoms with Crippen LogP contribution in [0.1, 0.15) is 25.3 Å². The van der Waals surface area contributed by atoms with Gasteiger partial charge in [0.25, 0.3) is 0 Å². The molecule has 21 heavy (non-hydrogen) atoms. The normalized spacial score (nSPS) is 18.2. The highest BCUT2D eigenvalue weighted by atomic mass is 16.5. The van der Waals surface area contributed by atoms with Gasteiger partial charge < -0.3 is 14.6 Å². The summed E-state index contributed by atoms with van der Waals surface area (Å²) < 4.78 is 7.53. The van der Waals surface area contributed by atoms with Crippen molar-refractivity contribution in [2.45, 2.75) is 38.8 Å². The van der Waals surface area contributed by atoms with Crippen molar-refractivity contribution in [3.05, 3.63) is 30.1 Å². The average molecular weight is 287 g/mol. The van der Waals surface area contributed by atoms with Gasteiger partial charge in [0.2, 0.25) is 5.91 Å². The van der Waals surface area contributed by atoms with Gasteiger partial charge in [0.1, 0.15) is 11.8 Å². The Labute approximate surface area is 124 Å². The van der Waals surface area contributed by atoms with Crippen molar-refractivity contribution in [2.75, 3.05) is 13.2 Å². The van der Waals surface area contributed by atoms with Crippen LogP contribution in [-0.4, -0.2) is 34.7 Å². The molecule has 5 heteroatoms. The van der Waals surface area contributed by atoms with Crippen LogP contribution in [0.3, 0.4) is 0 Å². The Balaban J connectivity index is 1.64. The van der Waals surface area contributed by atoms with Crippen LogP contribution >= 0.6 is 0 Å². The van der Waals surface area contributed by atoms with Gasteiger partial charge in [-0.25, -0.2) is 4.98 Å². The summed E-state index contributed by atoms with van der Waals surface area (Å²) in [7, 11) is 0. The van der Waals surface area contributed by atoms with Crippen molar-refractivity contribution >= 4 is 16.9 Å². The minimum Gasteiger partial charge on any atom is -0.368 e. The number of rotatable bonds is 5. The summed E-state index contributed by atoms with van der Waals surface area (Å²) in [6.07, 6.45) is 6.34. The van der Waals surface area contributed by atoms with Crippen LogP contribution in [0, 0.1) is 0 Å². The van der Waals surface area contributed by atoms with E-state index in [1.807, 2.05) is 12.3 Å². The first-order valence-electron chi connectivity index (χ1n) is 7.61. The molecule has 0 aliphatic carbocycles. The molecule has 0 spiro atoms. The van der Waals surface area contributed by atoms with Crippen molar-refractivity contribution in [3.8, 4) is 0 Å². The van der Waals surface area contributed by atoms with Gasteiger partial charge in [0.15, 0.2) is 0 Å². The van der Waals surface area contributed by atoms with Gasteiger partial charge >= 0.3 is 0 Å². The fraction of sp³-hybridized carbons (Fsp3) is 0.500. The molecule has 3 rings (SSSR count). The molecule has 0 saturated carbocycles. The predicted octanol–water partition coefficient (Wildman–Crippen LogP) is 1.89. The van der Waals surface area contributed by atoms with Crippen LogP contribution in [0.5, 0.6) is 0 Å². The standard InChI is InChI=1S/C16H21N3O2/c1-2-19-11-12(13-5-3-8-17-15(13)19)7-9-18-16(20)14-6-4-10-21-14/h3,5,8,11,14H,2,4,6-7,9-10H2,1H3,(H,18,20). The number of pyridine rings is 1. The predicted molar refractivity (Wildman–Crippen MR) is 81.1 cm³/mol. The zero-order valence-corrected chi connectivity index (χ0v) is 12.3. The van der Waals surface area contributed by atoms with Crippen LogP contribution in [-0.2, 0) is 22.5 Å². The van der Waals surface area contributed by atoms with E-state index in [2.05, 4.69) is 34.1 Å². The van der Waals surface area contributed by atoms with E-state index in [1.165, 1.54) is 10.9 Å². The summed E-state index contributed by atoms with van der Waals surface area (Å²) in [6, 6.07) is 4.04. The van der Waals surface area contributed by atoms with Crippen molar-refractivity contribution in [1.29, 1.82) is 0 Å². The number of carbonyl (C=O) groups excluding carboxylic acids is 1. The van der Waals surface area contributed by atoms with Crippen molar-refractivity contribution in [1.82, 2.24) is 14.9 Å². The van der Waals surface area contributed by atoms with E-state index in [-0.39, 0.29) is 12.0 Å². The Hall–Kier alpha value is -1.88. The van der Waals surface area contributed by atoms with Crippen LogP contribution in [0.4, 0.5) is 0 Å². The lowest BCUT2D eigenvalue weighted by molar-refractivity contribution is -0.129. The van der Waals surface area contributed by atoms with E-state index in [1.54, 1.807) is 0 Å². The second-order valence-corrected chi connectivity index (χ2v) is 5.36. The molecule has 0 radical (unpaired) electrons. The molecule has 5 nitrogen and oxygen atoms in total. The average Bonchev–Trinajstić information content (AvgIpc) is 3.15. The highest BCUT2D eigenvalue weighted by molar-refractivity contribution is 5.82. The number of fused-ring (bicyclic) bond motifs is 1. The van der Waals surface area contributed by atoms with Crippen LogP contribution in [0.2, 0.25) is 0 Å². The third-order valence-corrected chi connectivity index (χ3v) is 3.97. The number of aryl methyl sites for hydroxylation is 1. The number of nitrogens with zero attached hydrogens (tertiary/aromatic N) is 2. The summed E-state index contributed by atoms with van der Waals surface area (Å²) in [5, 5.41) is 4.14. The highest BCUT2D eigenvalue weighted by Crippen LogP contribution is 2.19. The smallest absolute Gasteiger partial charge is 0.249 e. The maximum atomic E-state index is 11.9. The van der Waals surface area contributed by atoms with Gasteiger partial charge in [0.05, 0.1) is 0 Å². The first-order chi connectivity index (χ1) is 10.3. The number of amides is 1. The quantitative estimate of drug-likeness (QED) is 0.913. The second-order valence-electron chi connectivity index (χ2n) is 5.36. The van der Waals surface area contributed by atoms with Crippen LogP contribution in [0.25, 0.3) is 11.0 Å². The zero-order valence-electron chi connectivity index (χ0n) is 12.3. The van der Waals surface area contributed by atoms with E-state index in [4.69, 9.17) is 4.74 Å². The molecule has 1 aliphatic heterocycles. The molecular formula is C16H21N3O2. The van der Waals surface area contributed by atoms with Gasteiger partial charge in [-0.2, -0.15) is 0 Å². The monoisotopic (exact) mass is 287 g/mol. The first kappa shape index (κ1) is 14.1. The van der Waals surface area contributed by atoms with E-state index in [9.17, 15) is 4.79 Å². The fourth-order valence-electron chi connectivity index (χ4n) is 2.85. The zero-order chi connectivity index (χ0) is 14.7. The molecule has 2 aromatic rings. The number of hydrogen-bond acceptors (Lipinski definition) is 3. The molecule has 1 saturated heterocycles. The number of hydrogen-bond donors (Lipinski definition) is 1. The highest BCUT2D eigenvalue weighted by Gasteiger charge is 2.22. The number of carbonyl (C=O) groups is 1. The molecule has 0 aromatic carbocycles. The third-order valence-electron chi connectivity index (χ3n) is 3.97. The molecule has 1 unspecified atom stereocenters. The summed E-state index contributed by atoms with van der Waals surface area (Å²) >= 11 is 0. The topological polar surface area (TPSA) is 56.2 Å². The first-order valence-corrected chi connectivity index (χ1v) is 7.61. The van der Waals surface area contributed by atoms with E-state index in [0.717, 1.165) is 31.5 Å². The molecule has 1 aliphatic rings. The summed E-state index contributed by atoms with van der Waals surface area (Å²) in [5.74, 6) is 0.0184. The summed E-state index contributed by atoms with van der Waals surface area (Å²) in [6.45, 7) is 4.34. The van der Waals surface area contributed by atoms with E-state index < -0.39 is 0 Å². The molecule has 2 aromatic heterocycles. The summed E-state index contributed by atoms with van der Waals surface area (Å²) in [4.78, 5) is 16.3. The molecule has 3 heterocycles. The van der Waals surface area contributed by atoms with Crippen LogP contribution in [0.15, 0.2) is 24.5 Å². The third kappa shape index (κ3) is 2.93. The maximum absolute atomic E-state index is 11.9. The fourth-order valence-corrected chi connectivity index (χ4v) is 2.85. The lowest BCUT2D eigenvalue weighted by Gasteiger charge is -2.09. The molecule has 112 valence electrons. The number of aromatic nitrogens is 2. The lowest BCUT2D eigenvalue weighted by atomic mass is 10.1. The molecule has 1 N–H and O–H groups in total. The van der Waals surface area contributed by atoms with Crippen molar-refractivity contribution in [3.63, 3.8) is 0 Å². The Morgan fingerprint density at radius 1 is 1.57 bits per heavy atom. The SMILES string of the molecule is CCn1cc(CCNC(=O)C2CCCO2)c2cccnc21. The van der Waals surface area contributed by atoms with E-state index >= 15 is 0 Å².